The summed E-state index contributed by atoms with van der Waals surface area (Å²) in [6, 6.07) is 7.30. The van der Waals surface area contributed by atoms with Crippen molar-refractivity contribution in [3.8, 4) is 0 Å². The van der Waals surface area contributed by atoms with Crippen molar-refractivity contribution < 1.29 is 9.53 Å². The van der Waals surface area contributed by atoms with Crippen LogP contribution in [0, 0.1) is 11.3 Å². The van der Waals surface area contributed by atoms with E-state index < -0.39 is 0 Å². The molecule has 1 N–H and O–H groups in total. The Hall–Kier alpha value is -1.65. The van der Waals surface area contributed by atoms with Gasteiger partial charge >= 0.3 is 0 Å². The molecule has 0 aromatic heterocycles. The molecular weight excluding hydrogens is 432 g/mol. The van der Waals surface area contributed by atoms with Gasteiger partial charge in [-0.15, -0.1) is 0 Å². The number of aryl methyl sites for hydroxylation is 1. The van der Waals surface area contributed by atoms with Crippen LogP contribution in [0.1, 0.15) is 103 Å². The molecule has 1 aromatic rings. The quantitative estimate of drug-likeness (QED) is 0.538. The van der Waals surface area contributed by atoms with Crippen LogP contribution in [0.25, 0.3) is 0 Å². The molecule has 5 atom stereocenters. The molecule has 4 heteroatoms. The number of amides is 1. The first kappa shape index (κ1) is 25.0. The molecule has 0 bridgehead atoms. The summed E-state index contributed by atoms with van der Waals surface area (Å²) in [7, 11) is 0. The van der Waals surface area contributed by atoms with Gasteiger partial charge in [0.25, 0.3) is 5.91 Å². The Morgan fingerprint density at radius 2 is 1.94 bits per heavy atom. The molecule has 1 aromatic carbocycles. The maximum atomic E-state index is 13.5. The van der Waals surface area contributed by atoms with Crippen LogP contribution in [-0.2, 0) is 21.4 Å². The second-order valence-corrected chi connectivity index (χ2v) is 12.8. The fourth-order valence-corrected chi connectivity index (χ4v) is 8.00. The molecule has 35 heavy (non-hydrogen) atoms. The fourth-order valence-electron chi connectivity index (χ4n) is 8.00. The van der Waals surface area contributed by atoms with Gasteiger partial charge < -0.3 is 9.64 Å². The lowest BCUT2D eigenvalue weighted by Crippen LogP contribution is -2.57. The van der Waals surface area contributed by atoms with Gasteiger partial charge in [0.2, 0.25) is 0 Å². The van der Waals surface area contributed by atoms with Crippen molar-refractivity contribution in [1.82, 2.24) is 10.2 Å². The van der Waals surface area contributed by atoms with Gasteiger partial charge in [0.1, 0.15) is 6.17 Å². The molecule has 2 fully saturated rings. The second-order valence-electron chi connectivity index (χ2n) is 12.8. The van der Waals surface area contributed by atoms with Crippen LogP contribution in [0.2, 0.25) is 0 Å². The first-order valence-corrected chi connectivity index (χ1v) is 14.1. The van der Waals surface area contributed by atoms with E-state index in [1.54, 1.807) is 11.1 Å². The highest BCUT2D eigenvalue weighted by Crippen LogP contribution is 2.58. The summed E-state index contributed by atoms with van der Waals surface area (Å²) in [4.78, 5) is 15.6. The standard InChI is InChI=1S/C31H46N2O2/c1-20(2)23-10-12-26-24(17-23)11-13-27-30(5,14-8-15-31(26,27)6)19-33-28(21(3)22(4)29(33)34)32-18-25-9-7-16-35-25/h10,12,17,20,25,27-28,32H,7-9,11,13-16,18-19H2,1-6H3/t25-,27+,28+,30-,31-/m0/s1. The Labute approximate surface area is 212 Å². The van der Waals surface area contributed by atoms with Gasteiger partial charge in [-0.1, -0.05) is 52.3 Å². The zero-order valence-corrected chi connectivity index (χ0v) is 22.9. The largest absolute Gasteiger partial charge is 0.377 e. The molecule has 1 saturated heterocycles. The minimum Gasteiger partial charge on any atom is -0.377 e. The molecule has 2 aliphatic heterocycles. The first-order chi connectivity index (χ1) is 16.6. The van der Waals surface area contributed by atoms with Gasteiger partial charge in [-0.2, -0.15) is 0 Å². The molecule has 4 aliphatic rings. The van der Waals surface area contributed by atoms with E-state index in [0.717, 1.165) is 44.5 Å². The number of benzene rings is 1. The van der Waals surface area contributed by atoms with Gasteiger partial charge in [0, 0.05) is 25.3 Å². The average Bonchev–Trinajstić information content (AvgIpc) is 3.41. The number of carbonyl (C=O) groups is 1. The third kappa shape index (κ3) is 4.29. The van der Waals surface area contributed by atoms with Crippen LogP contribution in [-0.4, -0.2) is 42.8 Å². The maximum absolute atomic E-state index is 13.5. The Bertz CT molecular complexity index is 1010. The van der Waals surface area contributed by atoms with Crippen molar-refractivity contribution in [2.75, 3.05) is 19.7 Å². The van der Waals surface area contributed by atoms with Crippen LogP contribution < -0.4 is 5.32 Å². The smallest absolute Gasteiger partial charge is 0.251 e. The Morgan fingerprint density at radius 3 is 2.66 bits per heavy atom. The minimum atomic E-state index is 0.00110. The molecule has 2 aliphatic carbocycles. The van der Waals surface area contributed by atoms with Gasteiger partial charge in [-0.05, 0) is 97.3 Å². The monoisotopic (exact) mass is 478 g/mol. The summed E-state index contributed by atoms with van der Waals surface area (Å²) in [5, 5.41) is 3.73. The van der Waals surface area contributed by atoms with Gasteiger partial charge in [-0.25, -0.2) is 0 Å². The van der Waals surface area contributed by atoms with E-state index in [-0.39, 0.29) is 29.0 Å². The topological polar surface area (TPSA) is 41.6 Å². The summed E-state index contributed by atoms with van der Waals surface area (Å²) in [5.41, 5.74) is 7.03. The molecular formula is C31H46N2O2. The summed E-state index contributed by atoms with van der Waals surface area (Å²) < 4.78 is 5.86. The van der Waals surface area contributed by atoms with Crippen molar-refractivity contribution in [2.24, 2.45) is 11.3 Å². The summed E-state index contributed by atoms with van der Waals surface area (Å²) >= 11 is 0. The van der Waals surface area contributed by atoms with E-state index in [2.05, 4.69) is 63.0 Å². The zero-order chi connectivity index (χ0) is 25.0. The molecule has 0 radical (unpaired) electrons. The van der Waals surface area contributed by atoms with Gasteiger partial charge in [-0.3, -0.25) is 10.1 Å². The van der Waals surface area contributed by atoms with E-state index in [4.69, 9.17) is 4.74 Å². The van der Waals surface area contributed by atoms with Crippen LogP contribution >= 0.6 is 0 Å². The normalized spacial score (nSPS) is 35.1. The number of rotatable bonds is 6. The summed E-state index contributed by atoms with van der Waals surface area (Å²) in [5.74, 6) is 1.38. The Balaban J connectivity index is 1.39. The molecule has 192 valence electrons. The molecule has 2 heterocycles. The first-order valence-electron chi connectivity index (χ1n) is 14.1. The number of nitrogens with zero attached hydrogens (tertiary/aromatic N) is 1. The molecule has 1 amide bonds. The van der Waals surface area contributed by atoms with Crippen molar-refractivity contribution in [3.05, 3.63) is 46.0 Å². The second kappa shape index (κ2) is 9.34. The van der Waals surface area contributed by atoms with Gasteiger partial charge in [0.05, 0.1) is 6.10 Å². The highest BCUT2D eigenvalue weighted by Gasteiger charge is 2.53. The van der Waals surface area contributed by atoms with E-state index >= 15 is 0 Å². The van der Waals surface area contributed by atoms with Crippen LogP contribution in [0.3, 0.4) is 0 Å². The lowest BCUT2D eigenvalue weighted by Gasteiger charge is -2.56. The molecule has 5 rings (SSSR count). The van der Waals surface area contributed by atoms with E-state index in [0.29, 0.717) is 11.8 Å². The highest BCUT2D eigenvalue weighted by molar-refractivity contribution is 5.97. The highest BCUT2D eigenvalue weighted by atomic mass is 16.5. The lowest BCUT2D eigenvalue weighted by atomic mass is 9.49. The van der Waals surface area contributed by atoms with Crippen molar-refractivity contribution in [2.45, 2.75) is 110 Å². The van der Waals surface area contributed by atoms with Crippen molar-refractivity contribution in [3.63, 3.8) is 0 Å². The molecule has 1 saturated carbocycles. The van der Waals surface area contributed by atoms with Crippen LogP contribution in [0.5, 0.6) is 0 Å². The van der Waals surface area contributed by atoms with Crippen molar-refractivity contribution in [1.29, 1.82) is 0 Å². The minimum absolute atomic E-state index is 0.00110. The number of nitrogens with one attached hydrogen (secondary N) is 1. The molecule has 4 nitrogen and oxygen atoms in total. The van der Waals surface area contributed by atoms with Crippen LogP contribution in [0.15, 0.2) is 29.3 Å². The summed E-state index contributed by atoms with van der Waals surface area (Å²) in [6.07, 6.45) is 8.62. The lowest BCUT2D eigenvalue weighted by molar-refractivity contribution is -0.131. The third-order valence-electron chi connectivity index (χ3n) is 10.2. The zero-order valence-electron chi connectivity index (χ0n) is 22.9. The third-order valence-corrected chi connectivity index (χ3v) is 10.2. The SMILES string of the molecule is CC1=C(C)[C@H](NC[C@@H]2CCCO2)N(C[C@]2(C)CCC[C@@]3(C)c4ccc(C(C)C)cc4CC[C@H]23)C1=O. The molecule has 0 spiro atoms. The average molecular weight is 479 g/mol. The van der Waals surface area contributed by atoms with Crippen molar-refractivity contribution >= 4 is 5.91 Å². The predicted octanol–water partition coefficient (Wildman–Crippen LogP) is 6.09. The van der Waals surface area contributed by atoms with Gasteiger partial charge in [0.15, 0.2) is 0 Å². The predicted molar refractivity (Wildman–Crippen MR) is 143 cm³/mol. The number of fused-ring (bicyclic) bond motifs is 3. The number of carbonyl (C=O) groups excluding carboxylic acids is 1. The molecule has 0 unspecified atom stereocenters. The summed E-state index contributed by atoms with van der Waals surface area (Å²) in [6.45, 7) is 16.3. The fraction of sp³-hybridized carbons (Fsp3) is 0.710. The maximum Gasteiger partial charge on any atom is 0.251 e. The van der Waals surface area contributed by atoms with Crippen LogP contribution in [0.4, 0.5) is 0 Å². The number of hydrogen-bond donors (Lipinski definition) is 1. The van der Waals surface area contributed by atoms with E-state index in [1.165, 1.54) is 36.8 Å². The Kier molecular flexibility index (Phi) is 6.68. The number of hydrogen-bond acceptors (Lipinski definition) is 3. The van der Waals surface area contributed by atoms with E-state index in [9.17, 15) is 4.79 Å². The number of ether oxygens (including phenoxy) is 1. The van der Waals surface area contributed by atoms with E-state index in [1.807, 2.05) is 6.92 Å². The Morgan fingerprint density at radius 1 is 1.14 bits per heavy atom.